The quantitative estimate of drug-likeness (QED) is 0.932. The number of ether oxygens (including phenoxy) is 1. The molecule has 0 atom stereocenters. The van der Waals surface area contributed by atoms with Crippen LogP contribution in [0, 0.1) is 6.92 Å². The highest BCUT2D eigenvalue weighted by atomic mass is 35.5. The van der Waals surface area contributed by atoms with E-state index >= 15 is 0 Å². The Bertz CT molecular complexity index is 575. The summed E-state index contributed by atoms with van der Waals surface area (Å²) >= 11 is 5.84. The largest absolute Gasteiger partial charge is 0.483 e. The van der Waals surface area contributed by atoms with Crippen molar-refractivity contribution in [1.82, 2.24) is 9.97 Å². The third kappa shape index (κ3) is 3.93. The van der Waals surface area contributed by atoms with E-state index in [1.54, 1.807) is 18.2 Å². The fourth-order valence-corrected chi connectivity index (χ4v) is 1.69. The van der Waals surface area contributed by atoms with E-state index in [-0.39, 0.29) is 12.5 Å². The summed E-state index contributed by atoms with van der Waals surface area (Å²) in [5.74, 6) is 0.720. The van der Waals surface area contributed by atoms with Gasteiger partial charge in [-0.05, 0) is 30.7 Å². The second kappa shape index (κ2) is 6.15. The Labute approximate surface area is 115 Å². The third-order valence-corrected chi connectivity index (χ3v) is 2.56. The fraction of sp³-hybridized carbons (Fsp3) is 0.154. The molecule has 6 heteroatoms. The van der Waals surface area contributed by atoms with Gasteiger partial charge in [0.15, 0.2) is 12.4 Å². The highest BCUT2D eigenvalue weighted by Gasteiger charge is 2.06. The summed E-state index contributed by atoms with van der Waals surface area (Å²) in [6.45, 7) is 1.76. The van der Waals surface area contributed by atoms with Crippen molar-refractivity contribution in [3.8, 4) is 5.75 Å². The Balaban J connectivity index is 1.90. The number of nitrogens with zero attached hydrogens (tertiary/aromatic N) is 2. The first kappa shape index (κ1) is 13.3. The molecular weight excluding hydrogens is 266 g/mol. The van der Waals surface area contributed by atoms with Crippen LogP contribution in [0.15, 0.2) is 36.8 Å². The van der Waals surface area contributed by atoms with E-state index < -0.39 is 0 Å². The first-order valence-electron chi connectivity index (χ1n) is 5.60. The third-order valence-electron chi connectivity index (χ3n) is 2.33. The summed E-state index contributed by atoms with van der Waals surface area (Å²) in [4.78, 5) is 19.4. The Morgan fingerprint density at radius 3 is 2.95 bits per heavy atom. The van der Waals surface area contributed by atoms with Gasteiger partial charge in [0.1, 0.15) is 5.75 Å². The Morgan fingerprint density at radius 1 is 1.42 bits per heavy atom. The minimum Gasteiger partial charge on any atom is -0.483 e. The van der Waals surface area contributed by atoms with E-state index in [4.69, 9.17) is 16.3 Å². The Morgan fingerprint density at radius 2 is 2.26 bits per heavy atom. The maximum Gasteiger partial charge on any atom is 0.263 e. The van der Waals surface area contributed by atoms with Crippen LogP contribution in [-0.4, -0.2) is 22.5 Å². The summed E-state index contributed by atoms with van der Waals surface area (Å²) in [7, 11) is 0. The number of benzene rings is 1. The molecule has 0 aliphatic heterocycles. The molecular formula is C13H12ClN3O2. The maximum atomic E-state index is 11.6. The van der Waals surface area contributed by atoms with E-state index in [0.29, 0.717) is 16.6 Å². The number of aromatic nitrogens is 2. The number of hydrogen-bond donors (Lipinski definition) is 1. The Hall–Kier alpha value is -2.14. The zero-order valence-corrected chi connectivity index (χ0v) is 11.0. The number of carbonyl (C=O) groups excluding carboxylic acids is 1. The summed E-state index contributed by atoms with van der Waals surface area (Å²) in [6, 6.07) is 5.22. The topological polar surface area (TPSA) is 64.1 Å². The number of aryl methyl sites for hydroxylation is 1. The molecule has 0 saturated heterocycles. The highest BCUT2D eigenvalue weighted by molar-refractivity contribution is 6.30. The van der Waals surface area contributed by atoms with Gasteiger partial charge >= 0.3 is 0 Å². The molecule has 2 aromatic rings. The highest BCUT2D eigenvalue weighted by Crippen LogP contribution is 2.21. The predicted molar refractivity (Wildman–Crippen MR) is 72.3 cm³/mol. The molecule has 0 saturated carbocycles. The van der Waals surface area contributed by atoms with Crippen LogP contribution < -0.4 is 10.1 Å². The van der Waals surface area contributed by atoms with Crippen LogP contribution in [0.2, 0.25) is 5.02 Å². The molecule has 0 fully saturated rings. The second-order valence-corrected chi connectivity index (χ2v) is 4.27. The zero-order chi connectivity index (χ0) is 13.7. The Kier molecular flexibility index (Phi) is 4.30. The number of rotatable bonds is 4. The molecule has 0 radical (unpaired) electrons. The van der Waals surface area contributed by atoms with Gasteiger partial charge in [-0.2, -0.15) is 0 Å². The normalized spacial score (nSPS) is 10.0. The molecule has 0 spiro atoms. The fourth-order valence-electron chi connectivity index (χ4n) is 1.46. The van der Waals surface area contributed by atoms with Crippen molar-refractivity contribution in [2.24, 2.45) is 0 Å². The lowest BCUT2D eigenvalue weighted by Gasteiger charge is -2.09. The van der Waals surface area contributed by atoms with Crippen LogP contribution >= 0.6 is 11.6 Å². The molecule has 98 valence electrons. The molecule has 0 unspecified atom stereocenters. The lowest BCUT2D eigenvalue weighted by Crippen LogP contribution is -2.21. The molecule has 2 rings (SSSR count). The van der Waals surface area contributed by atoms with Crippen LogP contribution in [0.1, 0.15) is 5.56 Å². The number of nitrogens with one attached hydrogen (secondary N) is 1. The molecule has 0 aliphatic carbocycles. The monoisotopic (exact) mass is 277 g/mol. The summed E-state index contributed by atoms with van der Waals surface area (Å²) in [6.07, 6.45) is 4.49. The van der Waals surface area contributed by atoms with Crippen molar-refractivity contribution in [2.45, 2.75) is 6.92 Å². The molecule has 1 N–H and O–H groups in total. The van der Waals surface area contributed by atoms with Gasteiger partial charge < -0.3 is 10.1 Å². The lowest BCUT2D eigenvalue weighted by molar-refractivity contribution is -0.118. The van der Waals surface area contributed by atoms with Gasteiger partial charge in [0, 0.05) is 17.4 Å². The standard InChI is InChI=1S/C13H12ClN3O2/c1-9-6-10(14)2-3-11(9)19-8-13(18)17-12-7-15-4-5-16-12/h2-7H,8H2,1H3,(H,16,17,18). The molecule has 5 nitrogen and oxygen atoms in total. The SMILES string of the molecule is Cc1cc(Cl)ccc1OCC(=O)Nc1cnccn1. The zero-order valence-electron chi connectivity index (χ0n) is 10.3. The smallest absolute Gasteiger partial charge is 0.263 e. The number of carbonyl (C=O) groups is 1. The predicted octanol–water partition coefficient (Wildman–Crippen LogP) is 2.46. The summed E-state index contributed by atoms with van der Waals surface area (Å²) < 4.78 is 5.41. The van der Waals surface area contributed by atoms with E-state index in [9.17, 15) is 4.79 Å². The van der Waals surface area contributed by atoms with Crippen molar-refractivity contribution in [2.75, 3.05) is 11.9 Å². The van der Waals surface area contributed by atoms with Crippen molar-refractivity contribution in [1.29, 1.82) is 0 Å². The first-order chi connectivity index (χ1) is 9.15. The lowest BCUT2D eigenvalue weighted by atomic mass is 10.2. The number of amides is 1. The summed E-state index contributed by atoms with van der Waals surface area (Å²) in [5, 5.41) is 3.21. The van der Waals surface area contributed by atoms with E-state index in [1.165, 1.54) is 18.6 Å². The molecule has 1 heterocycles. The van der Waals surface area contributed by atoms with E-state index in [2.05, 4.69) is 15.3 Å². The average Bonchev–Trinajstić information content (AvgIpc) is 2.39. The van der Waals surface area contributed by atoms with Crippen LogP contribution in [-0.2, 0) is 4.79 Å². The van der Waals surface area contributed by atoms with Gasteiger partial charge in [0.2, 0.25) is 0 Å². The van der Waals surface area contributed by atoms with E-state index in [1.807, 2.05) is 6.92 Å². The van der Waals surface area contributed by atoms with Gasteiger partial charge in [-0.1, -0.05) is 11.6 Å². The average molecular weight is 278 g/mol. The van der Waals surface area contributed by atoms with Gasteiger partial charge in [0.25, 0.3) is 5.91 Å². The van der Waals surface area contributed by atoms with Crippen molar-refractivity contribution in [3.05, 3.63) is 47.4 Å². The maximum absolute atomic E-state index is 11.6. The van der Waals surface area contributed by atoms with Crippen molar-refractivity contribution < 1.29 is 9.53 Å². The molecule has 0 aliphatic rings. The van der Waals surface area contributed by atoms with Gasteiger partial charge in [-0.25, -0.2) is 4.98 Å². The van der Waals surface area contributed by atoms with Gasteiger partial charge in [-0.3, -0.25) is 9.78 Å². The van der Waals surface area contributed by atoms with Crippen molar-refractivity contribution in [3.63, 3.8) is 0 Å². The van der Waals surface area contributed by atoms with Gasteiger partial charge in [-0.15, -0.1) is 0 Å². The van der Waals surface area contributed by atoms with Crippen LogP contribution in [0.3, 0.4) is 0 Å². The minimum atomic E-state index is -0.296. The van der Waals surface area contributed by atoms with Crippen LogP contribution in [0.5, 0.6) is 5.75 Å². The second-order valence-electron chi connectivity index (χ2n) is 3.84. The molecule has 1 amide bonds. The first-order valence-corrected chi connectivity index (χ1v) is 5.98. The molecule has 0 bridgehead atoms. The van der Waals surface area contributed by atoms with Gasteiger partial charge in [0.05, 0.1) is 6.20 Å². The summed E-state index contributed by atoms with van der Waals surface area (Å²) in [5.41, 5.74) is 0.875. The van der Waals surface area contributed by atoms with Crippen molar-refractivity contribution >= 4 is 23.3 Å². The minimum absolute atomic E-state index is 0.0982. The van der Waals surface area contributed by atoms with E-state index in [0.717, 1.165) is 5.56 Å². The number of anilines is 1. The molecule has 1 aromatic heterocycles. The molecule has 19 heavy (non-hydrogen) atoms. The molecule has 1 aromatic carbocycles. The number of halogens is 1. The van der Waals surface area contributed by atoms with Crippen LogP contribution in [0.25, 0.3) is 0 Å². The van der Waals surface area contributed by atoms with Crippen LogP contribution in [0.4, 0.5) is 5.82 Å². The number of hydrogen-bond acceptors (Lipinski definition) is 4.